The molecule has 3 N–H and O–H groups in total. The van der Waals surface area contributed by atoms with Gasteiger partial charge in [-0.05, 0) is 12.8 Å². The highest BCUT2D eigenvalue weighted by Crippen LogP contribution is 2.33. The molecule has 370 valence electrons. The van der Waals surface area contributed by atoms with Gasteiger partial charge in [-0.15, -0.1) is 5.06 Å². The summed E-state index contributed by atoms with van der Waals surface area (Å²) in [5, 5.41) is 9.78. The van der Waals surface area contributed by atoms with Gasteiger partial charge in [-0.1, -0.05) is 6.42 Å². The Bertz CT molecular complexity index is 1250. The van der Waals surface area contributed by atoms with E-state index in [9.17, 15) is 24.0 Å². The van der Waals surface area contributed by atoms with Crippen LogP contribution in [0, 0.1) is 0 Å². The lowest BCUT2D eigenvalue weighted by Gasteiger charge is -2.16. The molecule has 64 heavy (non-hydrogen) atoms. The summed E-state index contributed by atoms with van der Waals surface area (Å²) >= 11 is 1.90. The predicted octanol–water partition coefficient (Wildman–Crippen LogP) is 0.0249. The van der Waals surface area contributed by atoms with Crippen LogP contribution < -0.4 is 16.0 Å². The van der Waals surface area contributed by atoms with E-state index in [0.29, 0.717) is 169 Å². The first-order valence-corrected chi connectivity index (χ1v) is 23.4. The zero-order valence-corrected chi connectivity index (χ0v) is 38.1. The molecule has 3 atom stereocenters. The van der Waals surface area contributed by atoms with Gasteiger partial charge >= 0.3 is 12.0 Å². The number of carbonyl (C=O) groups excluding carboxylic acids is 5. The second-order valence-electron chi connectivity index (χ2n) is 14.4. The molecule has 3 heterocycles. The molecule has 23 heteroatoms. The molecule has 0 radical (unpaired) electrons. The molecule has 3 fully saturated rings. The molecule has 0 bridgehead atoms. The maximum atomic E-state index is 12.1. The Kier molecular flexibility index (Phi) is 33.3. The standard InChI is InChI=1S/C41H72N4O18S/c46-36(4-2-1-3-35-40-34(33-64-35)43-41(50)44-40)42-8-10-52-12-14-54-16-18-56-20-22-58-24-26-60-28-30-62-32-31-61-29-27-59-25-23-57-21-19-55-17-15-53-13-11-51-9-7-39(49)63-45-37(47)5-6-38(45)48/h34-35,40H,1-33H2,(H,42,46)(H2,43,44,50)/t34-,35?,40-/m1/s1. The average Bonchev–Trinajstić information content (AvgIpc) is 3.95. The number of nitrogens with one attached hydrogen (secondary N) is 3. The smallest absolute Gasteiger partial charge is 0.335 e. The molecule has 0 spiro atoms. The fraction of sp³-hybridized carbons (Fsp3) is 0.878. The lowest BCUT2D eigenvalue weighted by molar-refractivity contribution is -0.198. The van der Waals surface area contributed by atoms with Gasteiger partial charge in [-0.2, -0.15) is 11.8 Å². The minimum Gasteiger partial charge on any atom is -0.378 e. The number of nitrogens with zero attached hydrogens (tertiary/aromatic N) is 1. The number of hydrogen-bond acceptors (Lipinski definition) is 19. The van der Waals surface area contributed by atoms with E-state index in [1.165, 1.54) is 0 Å². The number of unbranched alkanes of at least 4 members (excludes halogenated alkanes) is 1. The molecule has 3 aliphatic heterocycles. The van der Waals surface area contributed by atoms with Gasteiger partial charge in [-0.3, -0.25) is 14.4 Å². The van der Waals surface area contributed by atoms with Crippen molar-refractivity contribution in [2.75, 3.05) is 171 Å². The van der Waals surface area contributed by atoms with Crippen LogP contribution in [0.25, 0.3) is 0 Å². The Labute approximate surface area is 380 Å². The summed E-state index contributed by atoms with van der Waals surface area (Å²) in [7, 11) is 0. The molecular weight excluding hydrogens is 869 g/mol. The summed E-state index contributed by atoms with van der Waals surface area (Å²) in [6.45, 7) is 10.7. The number of thioether (sulfide) groups is 1. The predicted molar refractivity (Wildman–Crippen MR) is 229 cm³/mol. The third-order valence-corrected chi connectivity index (χ3v) is 10.9. The maximum absolute atomic E-state index is 12.1. The fourth-order valence-electron chi connectivity index (χ4n) is 6.11. The highest BCUT2D eigenvalue weighted by molar-refractivity contribution is 8.00. The Morgan fingerprint density at radius 3 is 1.33 bits per heavy atom. The first kappa shape index (κ1) is 55.5. The molecule has 0 saturated carbocycles. The lowest BCUT2D eigenvalue weighted by Crippen LogP contribution is -2.36. The van der Waals surface area contributed by atoms with Crippen molar-refractivity contribution in [2.45, 2.75) is 62.3 Å². The summed E-state index contributed by atoms with van der Waals surface area (Å²) in [5.41, 5.74) is 0. The average molecular weight is 941 g/mol. The van der Waals surface area contributed by atoms with Crippen LogP contribution >= 0.6 is 11.8 Å². The van der Waals surface area contributed by atoms with Gasteiger partial charge in [0.1, 0.15) is 0 Å². The van der Waals surface area contributed by atoms with Gasteiger partial charge in [0, 0.05) is 36.8 Å². The number of carbonyl (C=O) groups is 5. The van der Waals surface area contributed by atoms with E-state index < -0.39 is 17.8 Å². The normalized spacial score (nSPS) is 18.2. The molecule has 5 amide bonds. The number of urea groups is 1. The SMILES string of the molecule is O=C(CCCCC1SC[C@H]2NC(=O)N[C@@H]12)NCCOCCOCCOCCOCCOCCOCCOCCOCCOCCOCCOCCOCCC(=O)ON1C(=O)CCC1=O. The molecule has 3 rings (SSSR count). The van der Waals surface area contributed by atoms with E-state index >= 15 is 0 Å². The van der Waals surface area contributed by atoms with Gasteiger partial charge < -0.3 is 77.6 Å². The summed E-state index contributed by atoms with van der Waals surface area (Å²) in [6, 6.07) is 0.384. The molecule has 3 saturated heterocycles. The van der Waals surface area contributed by atoms with Gasteiger partial charge in [0.15, 0.2) is 0 Å². The topological polar surface area (TPSA) is 245 Å². The molecule has 0 aliphatic carbocycles. The van der Waals surface area contributed by atoms with Crippen molar-refractivity contribution in [1.29, 1.82) is 0 Å². The van der Waals surface area contributed by atoms with Gasteiger partial charge in [0.05, 0.1) is 177 Å². The third-order valence-electron chi connectivity index (χ3n) is 9.39. The minimum atomic E-state index is -0.704. The number of fused-ring (bicyclic) bond motifs is 1. The van der Waals surface area contributed by atoms with Crippen molar-refractivity contribution in [1.82, 2.24) is 21.0 Å². The number of rotatable bonds is 45. The number of amides is 5. The molecule has 1 unspecified atom stereocenters. The zero-order valence-electron chi connectivity index (χ0n) is 37.3. The number of hydroxylamine groups is 2. The largest absolute Gasteiger partial charge is 0.378 e. The maximum Gasteiger partial charge on any atom is 0.335 e. The monoisotopic (exact) mass is 940 g/mol. The van der Waals surface area contributed by atoms with Crippen LogP contribution in [0.15, 0.2) is 0 Å². The van der Waals surface area contributed by atoms with Crippen molar-refractivity contribution in [3.8, 4) is 0 Å². The van der Waals surface area contributed by atoms with Gasteiger partial charge in [0.25, 0.3) is 11.8 Å². The Balaban J connectivity index is 0.881. The van der Waals surface area contributed by atoms with Gasteiger partial charge in [0.2, 0.25) is 5.91 Å². The number of imide groups is 1. The van der Waals surface area contributed by atoms with Crippen molar-refractivity contribution >= 4 is 41.5 Å². The fourth-order valence-corrected chi connectivity index (χ4v) is 7.65. The Morgan fingerprint density at radius 1 is 0.516 bits per heavy atom. The molecule has 0 aromatic heterocycles. The van der Waals surface area contributed by atoms with E-state index in [0.717, 1.165) is 25.0 Å². The summed E-state index contributed by atoms with van der Waals surface area (Å²) in [5.74, 6) is -0.746. The molecule has 0 aromatic carbocycles. The molecule has 0 aromatic rings. The zero-order chi connectivity index (χ0) is 45.6. The van der Waals surface area contributed by atoms with Crippen LogP contribution in [0.2, 0.25) is 0 Å². The second kappa shape index (κ2) is 38.3. The van der Waals surface area contributed by atoms with Crippen molar-refractivity contribution in [3.63, 3.8) is 0 Å². The summed E-state index contributed by atoms with van der Waals surface area (Å²) < 4.78 is 65.5. The Morgan fingerprint density at radius 2 is 0.906 bits per heavy atom. The van der Waals surface area contributed by atoms with E-state index in [4.69, 9.17) is 61.7 Å². The first-order valence-electron chi connectivity index (χ1n) is 22.4. The molecule has 3 aliphatic rings. The highest BCUT2D eigenvalue weighted by atomic mass is 32.2. The van der Waals surface area contributed by atoms with Crippen molar-refractivity contribution in [3.05, 3.63) is 0 Å². The number of ether oxygens (including phenoxy) is 12. The number of hydrogen-bond donors (Lipinski definition) is 3. The summed E-state index contributed by atoms with van der Waals surface area (Å²) in [4.78, 5) is 62.8. The van der Waals surface area contributed by atoms with Crippen molar-refractivity contribution < 1.29 is 85.7 Å². The quantitative estimate of drug-likeness (QED) is 0.0414. The van der Waals surface area contributed by atoms with E-state index in [2.05, 4.69) is 16.0 Å². The van der Waals surface area contributed by atoms with Crippen LogP contribution in [0.3, 0.4) is 0 Å². The molecular formula is C41H72N4O18S. The molecule has 22 nitrogen and oxygen atoms in total. The first-order chi connectivity index (χ1) is 31.4. The van der Waals surface area contributed by atoms with Crippen LogP contribution in [-0.4, -0.2) is 223 Å². The van der Waals surface area contributed by atoms with E-state index in [1.807, 2.05) is 11.8 Å². The van der Waals surface area contributed by atoms with Crippen LogP contribution in [0.1, 0.15) is 44.9 Å². The lowest BCUT2D eigenvalue weighted by atomic mass is 10.0. The Hall–Kier alpha value is -2.78. The third kappa shape index (κ3) is 28.3. The van der Waals surface area contributed by atoms with Crippen molar-refractivity contribution in [2.24, 2.45) is 0 Å². The van der Waals surface area contributed by atoms with E-state index in [-0.39, 0.29) is 56.5 Å². The second-order valence-corrected chi connectivity index (χ2v) is 15.6. The minimum absolute atomic E-state index is 0.0345. The van der Waals surface area contributed by atoms with Crippen LogP contribution in [0.4, 0.5) is 4.79 Å². The van der Waals surface area contributed by atoms with Gasteiger partial charge in [-0.25, -0.2) is 9.59 Å². The van der Waals surface area contributed by atoms with Crippen LogP contribution in [-0.2, 0) is 80.9 Å². The van der Waals surface area contributed by atoms with Crippen LogP contribution in [0.5, 0.6) is 0 Å². The summed E-state index contributed by atoms with van der Waals surface area (Å²) in [6.07, 6.45) is 3.33. The van der Waals surface area contributed by atoms with E-state index in [1.54, 1.807) is 0 Å². The highest BCUT2D eigenvalue weighted by Gasteiger charge is 2.42.